The van der Waals surface area contributed by atoms with Gasteiger partial charge in [-0.2, -0.15) is 0 Å². The molecule has 1 amide bonds. The van der Waals surface area contributed by atoms with Crippen molar-refractivity contribution in [3.05, 3.63) is 63.9 Å². The van der Waals surface area contributed by atoms with Crippen molar-refractivity contribution in [3.63, 3.8) is 0 Å². The Labute approximate surface area is 161 Å². The standard InChI is InChI=1S/C19H18Cl2FNO3/c1-11(2)18(12-3-5-13(20)6-4-12)19(25)26-10-17(24)23-16-8-7-14(22)9-15(16)21/h3-9,11,18H,10H2,1-2H3,(H,23,24). The molecule has 2 aromatic carbocycles. The molecule has 1 unspecified atom stereocenters. The van der Waals surface area contributed by atoms with Crippen molar-refractivity contribution < 1.29 is 18.7 Å². The van der Waals surface area contributed by atoms with Gasteiger partial charge in [0.2, 0.25) is 0 Å². The highest BCUT2D eigenvalue weighted by Gasteiger charge is 2.26. The van der Waals surface area contributed by atoms with Crippen LogP contribution in [0.1, 0.15) is 25.3 Å². The van der Waals surface area contributed by atoms with Crippen molar-refractivity contribution in [1.29, 1.82) is 0 Å². The van der Waals surface area contributed by atoms with E-state index in [2.05, 4.69) is 5.32 Å². The molecule has 0 spiro atoms. The molecule has 0 aliphatic carbocycles. The van der Waals surface area contributed by atoms with Crippen LogP contribution in [0.3, 0.4) is 0 Å². The fourth-order valence-electron chi connectivity index (χ4n) is 2.47. The summed E-state index contributed by atoms with van der Waals surface area (Å²) in [4.78, 5) is 24.4. The van der Waals surface area contributed by atoms with Crippen LogP contribution in [0.25, 0.3) is 0 Å². The SMILES string of the molecule is CC(C)C(C(=O)OCC(=O)Nc1ccc(F)cc1Cl)c1ccc(Cl)cc1. The van der Waals surface area contributed by atoms with Crippen molar-refractivity contribution in [2.75, 3.05) is 11.9 Å². The number of carbonyl (C=O) groups excluding carboxylic acids is 2. The van der Waals surface area contributed by atoms with E-state index in [0.29, 0.717) is 5.02 Å². The van der Waals surface area contributed by atoms with Crippen LogP contribution in [0.4, 0.5) is 10.1 Å². The van der Waals surface area contributed by atoms with E-state index in [-0.39, 0.29) is 16.6 Å². The van der Waals surface area contributed by atoms with Crippen LogP contribution < -0.4 is 5.32 Å². The summed E-state index contributed by atoms with van der Waals surface area (Å²) in [7, 11) is 0. The molecule has 0 heterocycles. The summed E-state index contributed by atoms with van der Waals surface area (Å²) in [6, 6.07) is 10.5. The predicted octanol–water partition coefficient (Wildman–Crippen LogP) is 5.05. The first-order chi connectivity index (χ1) is 12.3. The maximum absolute atomic E-state index is 13.0. The van der Waals surface area contributed by atoms with Crippen molar-refractivity contribution in [1.82, 2.24) is 0 Å². The van der Waals surface area contributed by atoms with E-state index in [0.717, 1.165) is 11.6 Å². The maximum atomic E-state index is 13.0. The van der Waals surface area contributed by atoms with E-state index in [1.807, 2.05) is 13.8 Å². The summed E-state index contributed by atoms with van der Waals surface area (Å²) in [6.45, 7) is 3.31. The lowest BCUT2D eigenvalue weighted by Gasteiger charge is -2.20. The van der Waals surface area contributed by atoms with E-state index in [1.54, 1.807) is 24.3 Å². The minimum Gasteiger partial charge on any atom is -0.455 e. The second kappa shape index (κ2) is 9.01. The van der Waals surface area contributed by atoms with Crippen LogP contribution in [-0.4, -0.2) is 18.5 Å². The van der Waals surface area contributed by atoms with E-state index >= 15 is 0 Å². The molecule has 0 saturated carbocycles. The summed E-state index contributed by atoms with van der Waals surface area (Å²) < 4.78 is 18.2. The van der Waals surface area contributed by atoms with Gasteiger partial charge in [-0.1, -0.05) is 49.2 Å². The zero-order chi connectivity index (χ0) is 19.3. The van der Waals surface area contributed by atoms with E-state index in [4.69, 9.17) is 27.9 Å². The third-order valence-electron chi connectivity index (χ3n) is 3.70. The molecular formula is C19H18Cl2FNO3. The summed E-state index contributed by atoms with van der Waals surface area (Å²) in [5.41, 5.74) is 1.00. The van der Waals surface area contributed by atoms with Crippen molar-refractivity contribution >= 4 is 40.8 Å². The van der Waals surface area contributed by atoms with Gasteiger partial charge in [0, 0.05) is 5.02 Å². The Hall–Kier alpha value is -2.11. The molecule has 0 radical (unpaired) electrons. The van der Waals surface area contributed by atoms with Crippen LogP contribution in [-0.2, 0) is 14.3 Å². The van der Waals surface area contributed by atoms with Crippen LogP contribution in [0, 0.1) is 11.7 Å². The molecule has 1 atom stereocenters. The van der Waals surface area contributed by atoms with E-state index in [9.17, 15) is 14.0 Å². The highest BCUT2D eigenvalue weighted by molar-refractivity contribution is 6.33. The van der Waals surface area contributed by atoms with Crippen LogP contribution in [0.15, 0.2) is 42.5 Å². The minimum atomic E-state index is -0.564. The molecule has 0 bridgehead atoms. The van der Waals surface area contributed by atoms with Crippen molar-refractivity contribution in [2.24, 2.45) is 5.92 Å². The molecule has 0 fully saturated rings. The monoisotopic (exact) mass is 397 g/mol. The minimum absolute atomic E-state index is 0.0294. The molecular weight excluding hydrogens is 380 g/mol. The van der Waals surface area contributed by atoms with E-state index in [1.165, 1.54) is 12.1 Å². The molecule has 0 aliphatic heterocycles. The number of rotatable bonds is 6. The quantitative estimate of drug-likeness (QED) is 0.693. The summed E-state index contributed by atoms with van der Waals surface area (Å²) in [6.07, 6.45) is 0. The molecule has 2 rings (SSSR count). The fraction of sp³-hybridized carbons (Fsp3) is 0.263. The van der Waals surface area contributed by atoms with Crippen LogP contribution >= 0.6 is 23.2 Å². The fourth-order valence-corrected chi connectivity index (χ4v) is 2.81. The number of nitrogens with one attached hydrogen (secondary N) is 1. The molecule has 138 valence electrons. The number of anilines is 1. The van der Waals surface area contributed by atoms with Gasteiger partial charge < -0.3 is 10.1 Å². The van der Waals surface area contributed by atoms with Gasteiger partial charge in [0.25, 0.3) is 5.91 Å². The van der Waals surface area contributed by atoms with Gasteiger partial charge >= 0.3 is 5.97 Å². The van der Waals surface area contributed by atoms with Gasteiger partial charge in [-0.3, -0.25) is 9.59 Å². The predicted molar refractivity (Wildman–Crippen MR) is 100 cm³/mol. The van der Waals surface area contributed by atoms with Crippen molar-refractivity contribution in [2.45, 2.75) is 19.8 Å². The summed E-state index contributed by atoms with van der Waals surface area (Å²) >= 11 is 11.7. The number of carbonyl (C=O) groups is 2. The lowest BCUT2D eigenvalue weighted by atomic mass is 9.88. The molecule has 26 heavy (non-hydrogen) atoms. The lowest BCUT2D eigenvalue weighted by Crippen LogP contribution is -2.26. The van der Waals surface area contributed by atoms with E-state index < -0.39 is 30.2 Å². The first-order valence-corrected chi connectivity index (χ1v) is 8.70. The van der Waals surface area contributed by atoms with Gasteiger partial charge in [0.15, 0.2) is 6.61 Å². The molecule has 0 saturated heterocycles. The Balaban J connectivity index is 1.98. The smallest absolute Gasteiger partial charge is 0.314 e. The zero-order valence-corrected chi connectivity index (χ0v) is 15.8. The first-order valence-electron chi connectivity index (χ1n) is 7.95. The Morgan fingerprint density at radius 3 is 2.35 bits per heavy atom. The van der Waals surface area contributed by atoms with Crippen molar-refractivity contribution in [3.8, 4) is 0 Å². The second-order valence-corrected chi connectivity index (χ2v) is 6.90. The number of benzene rings is 2. The normalized spacial score (nSPS) is 11.9. The molecule has 4 nitrogen and oxygen atoms in total. The molecule has 2 aromatic rings. The number of ether oxygens (including phenoxy) is 1. The van der Waals surface area contributed by atoms with Gasteiger partial charge in [0.05, 0.1) is 16.6 Å². The Kier molecular flexibility index (Phi) is 7.00. The number of hydrogen-bond acceptors (Lipinski definition) is 3. The molecule has 0 aromatic heterocycles. The van der Waals surface area contributed by atoms with Crippen LogP contribution in [0.2, 0.25) is 10.0 Å². The summed E-state index contributed by atoms with van der Waals surface area (Å²) in [5.74, 6) is -2.14. The number of amides is 1. The molecule has 7 heteroatoms. The average molecular weight is 398 g/mol. The Morgan fingerprint density at radius 1 is 1.12 bits per heavy atom. The lowest BCUT2D eigenvalue weighted by molar-refractivity contribution is -0.149. The van der Waals surface area contributed by atoms with Gasteiger partial charge in [-0.05, 0) is 41.8 Å². The third kappa shape index (κ3) is 5.44. The molecule has 1 N–H and O–H groups in total. The van der Waals surface area contributed by atoms with Gasteiger partial charge in [-0.25, -0.2) is 4.39 Å². The second-order valence-electron chi connectivity index (χ2n) is 6.05. The number of esters is 1. The Morgan fingerprint density at radius 2 is 1.77 bits per heavy atom. The number of hydrogen-bond donors (Lipinski definition) is 1. The third-order valence-corrected chi connectivity index (χ3v) is 4.27. The maximum Gasteiger partial charge on any atom is 0.314 e. The average Bonchev–Trinajstić information content (AvgIpc) is 2.57. The number of halogens is 3. The highest BCUT2D eigenvalue weighted by Crippen LogP contribution is 2.27. The van der Waals surface area contributed by atoms with Crippen LogP contribution in [0.5, 0.6) is 0 Å². The largest absolute Gasteiger partial charge is 0.455 e. The Bertz CT molecular complexity index is 794. The first kappa shape index (κ1) is 20.2. The topological polar surface area (TPSA) is 55.4 Å². The van der Waals surface area contributed by atoms with Gasteiger partial charge in [0.1, 0.15) is 5.82 Å². The summed E-state index contributed by atoms with van der Waals surface area (Å²) in [5, 5.41) is 3.11. The molecule has 0 aliphatic rings. The van der Waals surface area contributed by atoms with Gasteiger partial charge in [-0.15, -0.1) is 0 Å². The highest BCUT2D eigenvalue weighted by atomic mass is 35.5. The zero-order valence-electron chi connectivity index (χ0n) is 14.3.